The number of hydrogen-bond donors (Lipinski definition) is 1. The number of carbonyl (C=O) groups is 1. The first-order chi connectivity index (χ1) is 5.61. The maximum Gasteiger partial charge on any atom is 0.178 e. The largest absolute Gasteiger partial charge is 0.305 e. The summed E-state index contributed by atoms with van der Waals surface area (Å²) in [6, 6.07) is 7.00. The number of nitrogens with one attached hydrogen (secondary N) is 1. The van der Waals surface area contributed by atoms with Gasteiger partial charge in [-0.1, -0.05) is 33.5 Å². The second-order valence-corrected chi connectivity index (χ2v) is 3.09. The summed E-state index contributed by atoms with van der Waals surface area (Å²) in [6.07, 6.45) is 0. The molecule has 0 fully saturated rings. The fourth-order valence-corrected chi connectivity index (χ4v) is 1.08. The van der Waals surface area contributed by atoms with E-state index in [0.717, 1.165) is 5.56 Å². The maximum absolute atomic E-state index is 10.8. The Morgan fingerprint density at radius 1 is 1.25 bits per heavy atom. The van der Waals surface area contributed by atoms with Crippen LogP contribution in [0.2, 0.25) is 0 Å². The van der Waals surface area contributed by atoms with Gasteiger partial charge in [0, 0.05) is 11.3 Å². The average Bonchev–Trinajstić information content (AvgIpc) is 2.04. The lowest BCUT2D eigenvalue weighted by atomic mass is 10.1. The van der Waals surface area contributed by atoms with E-state index < -0.39 is 0 Å². The van der Waals surface area contributed by atoms with Crippen LogP contribution < -0.4 is 0 Å². The van der Waals surface area contributed by atoms with Crippen molar-refractivity contribution >= 4 is 20.5 Å². The van der Waals surface area contributed by atoms with Crippen LogP contribution >= 0.6 is 9.24 Å². The molecule has 0 bridgehead atoms. The molecule has 0 saturated carbocycles. The molecule has 1 rings (SSSR count). The zero-order valence-corrected chi connectivity index (χ0v) is 7.95. The van der Waals surface area contributed by atoms with Gasteiger partial charge in [0.1, 0.15) is 0 Å². The fourth-order valence-electron chi connectivity index (χ4n) is 0.884. The number of benzene rings is 1. The van der Waals surface area contributed by atoms with Crippen molar-refractivity contribution in [2.45, 2.75) is 6.92 Å². The molecule has 0 aliphatic rings. The quantitative estimate of drug-likeness (QED) is 0.548. The molecule has 0 aliphatic carbocycles. The highest BCUT2D eigenvalue weighted by molar-refractivity contribution is 7.41. The second-order valence-electron chi connectivity index (χ2n) is 2.57. The van der Waals surface area contributed by atoms with E-state index in [9.17, 15) is 4.79 Å². The Hall–Kier alpha value is -1.01. The third-order valence-electron chi connectivity index (χ3n) is 1.60. The van der Waals surface area contributed by atoms with E-state index >= 15 is 0 Å². The Morgan fingerprint density at radius 3 is 2.00 bits per heavy atom. The Morgan fingerprint density at radius 2 is 1.67 bits per heavy atom. The minimum Gasteiger partial charge on any atom is -0.305 e. The lowest BCUT2D eigenvalue weighted by molar-refractivity contribution is 0.108. The van der Waals surface area contributed by atoms with Gasteiger partial charge in [-0.2, -0.15) is 0 Å². The molecule has 0 amide bonds. The van der Waals surface area contributed by atoms with Crippen molar-refractivity contribution in [2.75, 3.05) is 0 Å². The van der Waals surface area contributed by atoms with E-state index in [4.69, 9.17) is 5.41 Å². The van der Waals surface area contributed by atoms with Gasteiger partial charge in [-0.15, -0.1) is 0 Å². The van der Waals surface area contributed by atoms with Crippen LogP contribution in [0.4, 0.5) is 0 Å². The lowest BCUT2D eigenvalue weighted by Crippen LogP contribution is -1.93. The Labute approximate surface area is 73.7 Å². The Balaban J connectivity index is 3.01. The van der Waals surface area contributed by atoms with E-state index in [2.05, 4.69) is 9.24 Å². The Kier molecular flexibility index (Phi) is 2.72. The highest BCUT2D eigenvalue weighted by atomic mass is 31.0. The highest BCUT2D eigenvalue weighted by Gasteiger charge is 1.99. The summed E-state index contributed by atoms with van der Waals surface area (Å²) in [7, 11) is 2.12. The average molecular weight is 179 g/mol. The summed E-state index contributed by atoms with van der Waals surface area (Å²) in [5.41, 5.74) is 2.00. The van der Waals surface area contributed by atoms with Crippen molar-refractivity contribution in [2.24, 2.45) is 0 Å². The van der Waals surface area contributed by atoms with Crippen LogP contribution in [-0.2, 0) is 0 Å². The molecular formula is C9H10NOP. The molecule has 3 heteroatoms. The number of hydrogen-bond acceptors (Lipinski definition) is 2. The topological polar surface area (TPSA) is 40.9 Å². The van der Waals surface area contributed by atoms with Gasteiger partial charge in [0.2, 0.25) is 0 Å². The third-order valence-corrected chi connectivity index (χ3v) is 1.94. The molecule has 62 valence electrons. The number of rotatable bonds is 2. The smallest absolute Gasteiger partial charge is 0.178 e. The normalized spacial score (nSPS) is 9.50. The van der Waals surface area contributed by atoms with Crippen molar-refractivity contribution in [3.05, 3.63) is 35.4 Å². The SMILES string of the molecule is CC(=N)c1ccc(C(=O)P)cc1. The van der Waals surface area contributed by atoms with Crippen molar-refractivity contribution < 1.29 is 4.79 Å². The Bertz CT molecular complexity index is 283. The monoisotopic (exact) mass is 179 g/mol. The van der Waals surface area contributed by atoms with E-state index in [-0.39, 0.29) is 5.52 Å². The summed E-state index contributed by atoms with van der Waals surface area (Å²) in [4.78, 5) is 10.8. The molecule has 1 atom stereocenters. The predicted octanol–water partition coefficient (Wildman–Crippen LogP) is 2.09. The molecule has 1 N–H and O–H groups in total. The molecule has 0 aliphatic heterocycles. The second kappa shape index (κ2) is 3.59. The summed E-state index contributed by atoms with van der Waals surface area (Å²) in [6.45, 7) is 1.72. The first-order valence-electron chi connectivity index (χ1n) is 3.56. The van der Waals surface area contributed by atoms with Gasteiger partial charge in [-0.3, -0.25) is 4.79 Å². The molecule has 0 heterocycles. The van der Waals surface area contributed by atoms with Gasteiger partial charge in [0.25, 0.3) is 0 Å². The molecule has 2 nitrogen and oxygen atoms in total. The van der Waals surface area contributed by atoms with Gasteiger partial charge in [0.15, 0.2) is 5.52 Å². The van der Waals surface area contributed by atoms with Crippen LogP contribution in [-0.4, -0.2) is 11.2 Å². The molecule has 1 aromatic carbocycles. The summed E-state index contributed by atoms with van der Waals surface area (Å²) >= 11 is 0. The standard InChI is InChI=1S/C9H10NOP/c1-6(10)7-2-4-8(5-3-7)9(11)12/h2-5,10H,12H2,1H3. The van der Waals surface area contributed by atoms with Gasteiger partial charge >= 0.3 is 0 Å². The first kappa shape index (κ1) is 9.08. The van der Waals surface area contributed by atoms with Crippen molar-refractivity contribution in [1.82, 2.24) is 0 Å². The summed E-state index contributed by atoms with van der Waals surface area (Å²) in [5, 5.41) is 7.32. The van der Waals surface area contributed by atoms with Crippen LogP contribution in [0.15, 0.2) is 24.3 Å². The van der Waals surface area contributed by atoms with E-state index in [1.165, 1.54) is 0 Å². The maximum atomic E-state index is 10.8. The van der Waals surface area contributed by atoms with Crippen molar-refractivity contribution in [3.63, 3.8) is 0 Å². The minimum absolute atomic E-state index is 0.0239. The van der Waals surface area contributed by atoms with E-state index in [1.54, 1.807) is 31.2 Å². The minimum atomic E-state index is -0.0239. The number of carbonyl (C=O) groups excluding carboxylic acids is 1. The molecule has 1 aromatic rings. The van der Waals surface area contributed by atoms with Gasteiger partial charge in [-0.25, -0.2) is 0 Å². The first-order valence-corrected chi connectivity index (χ1v) is 4.14. The highest BCUT2D eigenvalue weighted by Crippen LogP contribution is 2.08. The fraction of sp³-hybridized carbons (Fsp3) is 0.111. The van der Waals surface area contributed by atoms with Crippen molar-refractivity contribution in [1.29, 1.82) is 5.41 Å². The van der Waals surface area contributed by atoms with E-state index in [0.29, 0.717) is 11.3 Å². The van der Waals surface area contributed by atoms with Gasteiger partial charge in [-0.05, 0) is 12.5 Å². The predicted molar refractivity (Wildman–Crippen MR) is 53.0 cm³/mol. The van der Waals surface area contributed by atoms with Crippen LogP contribution in [0.1, 0.15) is 22.8 Å². The van der Waals surface area contributed by atoms with E-state index in [1.807, 2.05) is 0 Å². The van der Waals surface area contributed by atoms with Crippen molar-refractivity contribution in [3.8, 4) is 0 Å². The van der Waals surface area contributed by atoms with Crippen LogP contribution in [0, 0.1) is 5.41 Å². The summed E-state index contributed by atoms with van der Waals surface area (Å²) < 4.78 is 0. The van der Waals surface area contributed by atoms with Gasteiger partial charge < -0.3 is 5.41 Å². The van der Waals surface area contributed by atoms with Crippen LogP contribution in [0.25, 0.3) is 0 Å². The van der Waals surface area contributed by atoms with Crippen LogP contribution in [0.5, 0.6) is 0 Å². The zero-order chi connectivity index (χ0) is 9.14. The molecule has 1 unspecified atom stereocenters. The van der Waals surface area contributed by atoms with Gasteiger partial charge in [0.05, 0.1) is 0 Å². The summed E-state index contributed by atoms with van der Waals surface area (Å²) in [5.74, 6) is 0. The molecule has 12 heavy (non-hydrogen) atoms. The third kappa shape index (κ3) is 1.99. The van der Waals surface area contributed by atoms with Crippen LogP contribution in [0.3, 0.4) is 0 Å². The zero-order valence-electron chi connectivity index (χ0n) is 6.79. The molecule has 0 spiro atoms. The molecule has 0 radical (unpaired) electrons. The lowest BCUT2D eigenvalue weighted by Gasteiger charge is -1.98. The molecule has 0 saturated heterocycles. The molecular weight excluding hydrogens is 169 g/mol. The molecule has 0 aromatic heterocycles.